The third-order valence-corrected chi connectivity index (χ3v) is 5.89. The van der Waals surface area contributed by atoms with Gasteiger partial charge in [0.15, 0.2) is 0 Å². The Labute approximate surface area is 134 Å². The van der Waals surface area contributed by atoms with E-state index >= 15 is 0 Å². The normalized spacial score (nSPS) is 19.0. The lowest BCUT2D eigenvalue weighted by molar-refractivity contribution is 0.105. The molecule has 0 bridgehead atoms. The minimum atomic E-state index is -3.49. The van der Waals surface area contributed by atoms with Gasteiger partial charge < -0.3 is 10.1 Å². The van der Waals surface area contributed by atoms with Crippen molar-refractivity contribution in [1.82, 2.24) is 10.0 Å². The molecule has 0 aromatic heterocycles. The van der Waals surface area contributed by atoms with Crippen LogP contribution in [0.25, 0.3) is 0 Å². The monoisotopic (exact) mass is 376 g/mol. The fourth-order valence-electron chi connectivity index (χ4n) is 2.38. The fraction of sp³-hybridized carbons (Fsp3) is 0.571. The van der Waals surface area contributed by atoms with E-state index in [4.69, 9.17) is 4.74 Å². The molecule has 0 saturated carbocycles. The van der Waals surface area contributed by atoms with Crippen LogP contribution in [0.2, 0.25) is 0 Å². The molecule has 2 N–H and O–H groups in total. The first-order valence-electron chi connectivity index (χ1n) is 7.07. The van der Waals surface area contributed by atoms with E-state index in [0.29, 0.717) is 24.0 Å². The SMILES string of the molecule is CNCc1ccc(S(=O)(=O)NCCC2CCCO2)c(Br)c1. The van der Waals surface area contributed by atoms with Crippen LogP contribution in [0.1, 0.15) is 24.8 Å². The summed E-state index contributed by atoms with van der Waals surface area (Å²) in [5.74, 6) is 0. The number of halogens is 1. The van der Waals surface area contributed by atoms with Crippen LogP contribution in [0.5, 0.6) is 0 Å². The maximum absolute atomic E-state index is 12.3. The van der Waals surface area contributed by atoms with Gasteiger partial charge in [-0.15, -0.1) is 0 Å². The van der Waals surface area contributed by atoms with E-state index in [1.54, 1.807) is 6.07 Å². The second-order valence-electron chi connectivity index (χ2n) is 5.12. The van der Waals surface area contributed by atoms with E-state index in [1.807, 2.05) is 19.2 Å². The van der Waals surface area contributed by atoms with Gasteiger partial charge in [0.05, 0.1) is 11.0 Å². The lowest BCUT2D eigenvalue weighted by Gasteiger charge is -2.12. The molecule has 0 amide bonds. The van der Waals surface area contributed by atoms with Crippen molar-refractivity contribution in [3.05, 3.63) is 28.2 Å². The minimum Gasteiger partial charge on any atom is -0.378 e. The molecule has 7 heteroatoms. The van der Waals surface area contributed by atoms with Gasteiger partial charge in [-0.25, -0.2) is 13.1 Å². The maximum Gasteiger partial charge on any atom is 0.241 e. The highest BCUT2D eigenvalue weighted by Gasteiger charge is 2.20. The molecule has 0 radical (unpaired) electrons. The lowest BCUT2D eigenvalue weighted by atomic mass is 10.2. The summed E-state index contributed by atoms with van der Waals surface area (Å²) in [5, 5.41) is 3.04. The first-order chi connectivity index (χ1) is 10.0. The van der Waals surface area contributed by atoms with Gasteiger partial charge in [0.25, 0.3) is 0 Å². The van der Waals surface area contributed by atoms with Crippen LogP contribution >= 0.6 is 15.9 Å². The molecule has 0 spiro atoms. The number of hydrogen-bond donors (Lipinski definition) is 2. The van der Waals surface area contributed by atoms with Gasteiger partial charge in [-0.2, -0.15) is 0 Å². The second kappa shape index (κ2) is 7.69. The molecule has 5 nitrogen and oxygen atoms in total. The smallest absolute Gasteiger partial charge is 0.241 e. The van der Waals surface area contributed by atoms with E-state index in [2.05, 4.69) is 26.0 Å². The van der Waals surface area contributed by atoms with Crippen molar-refractivity contribution in [1.29, 1.82) is 0 Å². The molecular formula is C14H21BrN2O3S. The van der Waals surface area contributed by atoms with Gasteiger partial charge in [0, 0.05) is 24.2 Å². The molecule has 21 heavy (non-hydrogen) atoms. The highest BCUT2D eigenvalue weighted by atomic mass is 79.9. The predicted molar refractivity (Wildman–Crippen MR) is 85.7 cm³/mol. The molecule has 1 saturated heterocycles. The molecule has 1 atom stereocenters. The number of rotatable bonds is 7. The Morgan fingerprint density at radius 2 is 2.24 bits per heavy atom. The molecule has 1 aromatic carbocycles. The number of ether oxygens (including phenoxy) is 1. The third kappa shape index (κ3) is 4.75. The quantitative estimate of drug-likeness (QED) is 0.763. The summed E-state index contributed by atoms with van der Waals surface area (Å²) in [5.41, 5.74) is 1.03. The fourth-order valence-corrected chi connectivity index (χ4v) is 4.55. The zero-order valence-electron chi connectivity index (χ0n) is 12.1. The van der Waals surface area contributed by atoms with Crippen molar-refractivity contribution in [3.63, 3.8) is 0 Å². The van der Waals surface area contributed by atoms with Crippen molar-refractivity contribution < 1.29 is 13.2 Å². The Balaban J connectivity index is 1.97. The molecule has 2 rings (SSSR count). The van der Waals surface area contributed by atoms with E-state index in [-0.39, 0.29) is 11.0 Å². The molecule has 1 unspecified atom stereocenters. The second-order valence-corrected chi connectivity index (χ2v) is 7.71. The van der Waals surface area contributed by atoms with Crippen LogP contribution in [0.3, 0.4) is 0 Å². The summed E-state index contributed by atoms with van der Waals surface area (Å²) in [6.45, 7) is 1.89. The van der Waals surface area contributed by atoms with Gasteiger partial charge >= 0.3 is 0 Å². The van der Waals surface area contributed by atoms with Crippen LogP contribution in [-0.2, 0) is 21.3 Å². The zero-order chi connectivity index (χ0) is 15.3. The molecule has 118 valence electrons. The van der Waals surface area contributed by atoms with Crippen molar-refractivity contribution in [2.75, 3.05) is 20.2 Å². The molecule has 0 aliphatic carbocycles. The molecule has 1 aliphatic rings. The number of sulfonamides is 1. The Morgan fingerprint density at radius 3 is 2.86 bits per heavy atom. The molecule has 1 aliphatic heterocycles. The van der Waals surface area contributed by atoms with E-state index in [0.717, 1.165) is 25.0 Å². The molecule has 1 heterocycles. The van der Waals surface area contributed by atoms with Gasteiger partial charge in [0.2, 0.25) is 10.0 Å². The highest BCUT2D eigenvalue weighted by Crippen LogP contribution is 2.23. The average Bonchev–Trinajstić information content (AvgIpc) is 2.92. The average molecular weight is 377 g/mol. The Kier molecular flexibility index (Phi) is 6.19. The first kappa shape index (κ1) is 16.9. The Morgan fingerprint density at radius 1 is 1.43 bits per heavy atom. The zero-order valence-corrected chi connectivity index (χ0v) is 14.5. The van der Waals surface area contributed by atoms with Crippen molar-refractivity contribution >= 4 is 26.0 Å². The van der Waals surface area contributed by atoms with Gasteiger partial charge in [0.1, 0.15) is 0 Å². The standard InChI is InChI=1S/C14H21BrN2O3S/c1-16-10-11-4-5-14(13(15)9-11)21(18,19)17-7-6-12-3-2-8-20-12/h4-5,9,12,16-17H,2-3,6-8,10H2,1H3. The van der Waals surface area contributed by atoms with Gasteiger partial charge in [-0.1, -0.05) is 6.07 Å². The van der Waals surface area contributed by atoms with Crippen LogP contribution < -0.4 is 10.0 Å². The molecule has 1 fully saturated rings. The first-order valence-corrected chi connectivity index (χ1v) is 9.35. The van der Waals surface area contributed by atoms with Crippen molar-refractivity contribution in [2.24, 2.45) is 0 Å². The van der Waals surface area contributed by atoms with Crippen molar-refractivity contribution in [3.8, 4) is 0 Å². The van der Waals surface area contributed by atoms with Crippen molar-refractivity contribution in [2.45, 2.75) is 36.8 Å². The maximum atomic E-state index is 12.3. The summed E-state index contributed by atoms with van der Waals surface area (Å²) in [7, 11) is -1.63. The Bertz CT molecular complexity index is 572. The van der Waals surface area contributed by atoms with E-state index in [1.165, 1.54) is 0 Å². The van der Waals surface area contributed by atoms with Crippen LogP contribution in [0.4, 0.5) is 0 Å². The summed E-state index contributed by atoms with van der Waals surface area (Å²) < 4.78 is 33.3. The highest BCUT2D eigenvalue weighted by molar-refractivity contribution is 9.10. The summed E-state index contributed by atoms with van der Waals surface area (Å²) in [6, 6.07) is 5.27. The largest absolute Gasteiger partial charge is 0.378 e. The Hall–Kier alpha value is -0.470. The van der Waals surface area contributed by atoms with Gasteiger partial charge in [-0.05, 0) is 59.9 Å². The van der Waals surface area contributed by atoms with Crippen LogP contribution in [0.15, 0.2) is 27.6 Å². The lowest BCUT2D eigenvalue weighted by Crippen LogP contribution is -2.27. The minimum absolute atomic E-state index is 0.189. The van der Waals surface area contributed by atoms with Gasteiger partial charge in [-0.3, -0.25) is 0 Å². The number of nitrogens with one attached hydrogen (secondary N) is 2. The summed E-state index contributed by atoms with van der Waals surface area (Å²) in [6.07, 6.45) is 2.99. The van der Waals surface area contributed by atoms with Crippen LogP contribution in [-0.4, -0.2) is 34.7 Å². The van der Waals surface area contributed by atoms with E-state index in [9.17, 15) is 8.42 Å². The molecular weight excluding hydrogens is 356 g/mol. The number of benzene rings is 1. The summed E-state index contributed by atoms with van der Waals surface area (Å²) in [4.78, 5) is 0.273. The van der Waals surface area contributed by atoms with E-state index < -0.39 is 10.0 Å². The number of hydrogen-bond acceptors (Lipinski definition) is 4. The third-order valence-electron chi connectivity index (χ3n) is 3.45. The molecule has 1 aromatic rings. The predicted octanol–water partition coefficient (Wildman–Crippen LogP) is 2.02. The van der Waals surface area contributed by atoms with Crippen LogP contribution in [0, 0.1) is 0 Å². The topological polar surface area (TPSA) is 67.4 Å². The summed E-state index contributed by atoms with van der Waals surface area (Å²) >= 11 is 3.34.